The molecule has 0 fully saturated rings. The summed E-state index contributed by atoms with van der Waals surface area (Å²) in [7, 11) is 0. The van der Waals surface area contributed by atoms with Crippen LogP contribution in [0.3, 0.4) is 0 Å². The molecule has 96 valence electrons. The Kier molecular flexibility index (Phi) is 3.55. The fourth-order valence-electron chi connectivity index (χ4n) is 1.56. The quantitative estimate of drug-likeness (QED) is 0.504. The highest BCUT2D eigenvalue weighted by Crippen LogP contribution is 2.34. The maximum atomic E-state index is 13.2. The predicted octanol–water partition coefficient (Wildman–Crippen LogP) is 1.60. The van der Waals surface area contributed by atoms with Gasteiger partial charge < -0.3 is 0 Å². The van der Waals surface area contributed by atoms with Gasteiger partial charge >= 0.3 is 5.38 Å². The third-order valence-corrected chi connectivity index (χ3v) is 2.58. The molecule has 1 atom stereocenters. The number of rotatable bonds is 4. The lowest BCUT2D eigenvalue weighted by molar-refractivity contribution is 0.0471. The zero-order valence-corrected chi connectivity index (χ0v) is 9.85. The average Bonchev–Trinajstić information content (AvgIpc) is 2.78. The summed E-state index contributed by atoms with van der Waals surface area (Å²) < 4.78 is 27.7. The SMILES string of the molecule is NNC(c1cnnn1-c1ccccc1)C(F)(F)Cl. The number of para-hydroxylation sites is 1. The summed E-state index contributed by atoms with van der Waals surface area (Å²) in [4.78, 5) is 0. The molecule has 1 aromatic carbocycles. The fraction of sp³-hybridized carbons (Fsp3) is 0.200. The second kappa shape index (κ2) is 4.97. The molecule has 1 heterocycles. The van der Waals surface area contributed by atoms with Crippen LogP contribution in [0.4, 0.5) is 8.78 Å². The molecule has 0 spiro atoms. The second-order valence-corrected chi connectivity index (χ2v) is 4.05. The van der Waals surface area contributed by atoms with Gasteiger partial charge in [-0.05, 0) is 23.7 Å². The number of nitrogens with one attached hydrogen (secondary N) is 1. The second-order valence-electron chi connectivity index (χ2n) is 3.55. The van der Waals surface area contributed by atoms with Crippen molar-refractivity contribution in [2.75, 3.05) is 0 Å². The van der Waals surface area contributed by atoms with Crippen molar-refractivity contribution in [3.63, 3.8) is 0 Å². The Hall–Kier alpha value is -1.57. The van der Waals surface area contributed by atoms with Crippen LogP contribution in [0.5, 0.6) is 0 Å². The van der Waals surface area contributed by atoms with Crippen molar-refractivity contribution >= 4 is 11.6 Å². The van der Waals surface area contributed by atoms with Gasteiger partial charge in [-0.1, -0.05) is 23.4 Å². The van der Waals surface area contributed by atoms with Crippen molar-refractivity contribution in [2.24, 2.45) is 5.84 Å². The summed E-state index contributed by atoms with van der Waals surface area (Å²) in [5.74, 6) is 5.11. The van der Waals surface area contributed by atoms with Crippen LogP contribution in [0.1, 0.15) is 11.7 Å². The highest BCUT2D eigenvalue weighted by Gasteiger charge is 2.40. The van der Waals surface area contributed by atoms with Gasteiger partial charge in [-0.25, -0.2) is 10.1 Å². The molecule has 0 amide bonds. The lowest BCUT2D eigenvalue weighted by Gasteiger charge is -2.20. The minimum absolute atomic E-state index is 0.0729. The number of halogens is 3. The van der Waals surface area contributed by atoms with E-state index in [2.05, 4.69) is 10.3 Å². The minimum Gasteiger partial charge on any atom is -0.271 e. The van der Waals surface area contributed by atoms with Gasteiger partial charge in [-0.2, -0.15) is 8.78 Å². The first-order chi connectivity index (χ1) is 8.54. The smallest absolute Gasteiger partial charge is 0.271 e. The Morgan fingerprint density at radius 1 is 1.33 bits per heavy atom. The summed E-state index contributed by atoms with van der Waals surface area (Å²) >= 11 is 5.01. The summed E-state index contributed by atoms with van der Waals surface area (Å²) in [6, 6.07) is 7.13. The van der Waals surface area contributed by atoms with Crippen LogP contribution >= 0.6 is 11.6 Å². The van der Waals surface area contributed by atoms with E-state index < -0.39 is 11.4 Å². The molecule has 2 rings (SSSR count). The van der Waals surface area contributed by atoms with Gasteiger partial charge in [0, 0.05) is 0 Å². The van der Waals surface area contributed by atoms with Crippen molar-refractivity contribution in [3.8, 4) is 5.69 Å². The van der Waals surface area contributed by atoms with E-state index in [4.69, 9.17) is 17.4 Å². The first-order valence-electron chi connectivity index (χ1n) is 5.03. The summed E-state index contributed by atoms with van der Waals surface area (Å²) in [6.45, 7) is 0. The normalized spacial score (nSPS) is 13.6. The molecule has 0 aliphatic rings. The van der Waals surface area contributed by atoms with Gasteiger partial charge in [-0.15, -0.1) is 5.10 Å². The molecule has 0 saturated carbocycles. The predicted molar refractivity (Wildman–Crippen MR) is 62.2 cm³/mol. The molecule has 8 heteroatoms. The fourth-order valence-corrected chi connectivity index (χ4v) is 1.73. The van der Waals surface area contributed by atoms with Crippen LogP contribution in [0, 0.1) is 0 Å². The van der Waals surface area contributed by atoms with Crippen LogP contribution in [-0.2, 0) is 0 Å². The van der Waals surface area contributed by atoms with Crippen LogP contribution in [-0.4, -0.2) is 20.4 Å². The summed E-state index contributed by atoms with van der Waals surface area (Å²) in [5, 5.41) is 3.80. The molecule has 1 aromatic heterocycles. The number of benzene rings is 1. The molecular formula is C10H10ClF2N5. The van der Waals surface area contributed by atoms with E-state index in [1.807, 2.05) is 5.43 Å². The van der Waals surface area contributed by atoms with E-state index >= 15 is 0 Å². The third kappa shape index (κ3) is 2.47. The van der Waals surface area contributed by atoms with E-state index in [-0.39, 0.29) is 5.69 Å². The topological polar surface area (TPSA) is 68.8 Å². The van der Waals surface area contributed by atoms with E-state index in [0.29, 0.717) is 5.69 Å². The molecule has 5 nitrogen and oxygen atoms in total. The van der Waals surface area contributed by atoms with Crippen LogP contribution in [0.25, 0.3) is 5.69 Å². The maximum absolute atomic E-state index is 13.2. The number of nitrogens with two attached hydrogens (primary N) is 1. The summed E-state index contributed by atoms with van der Waals surface area (Å²) in [6.07, 6.45) is 1.19. The van der Waals surface area contributed by atoms with Crippen molar-refractivity contribution in [2.45, 2.75) is 11.4 Å². The molecule has 0 saturated heterocycles. The van der Waals surface area contributed by atoms with Crippen molar-refractivity contribution in [1.29, 1.82) is 0 Å². The van der Waals surface area contributed by atoms with E-state index in [1.54, 1.807) is 30.3 Å². The Morgan fingerprint density at radius 2 is 2.00 bits per heavy atom. The number of alkyl halides is 3. The van der Waals surface area contributed by atoms with Gasteiger partial charge in [0.05, 0.1) is 17.6 Å². The van der Waals surface area contributed by atoms with Crippen molar-refractivity contribution in [1.82, 2.24) is 20.4 Å². The number of hydrogen-bond acceptors (Lipinski definition) is 4. The number of nitrogens with zero attached hydrogens (tertiary/aromatic N) is 3. The first-order valence-corrected chi connectivity index (χ1v) is 5.40. The highest BCUT2D eigenvalue weighted by molar-refractivity contribution is 6.22. The molecule has 0 aliphatic carbocycles. The van der Waals surface area contributed by atoms with Crippen LogP contribution in [0.15, 0.2) is 36.5 Å². The first kappa shape index (κ1) is 12.9. The van der Waals surface area contributed by atoms with Gasteiger partial charge in [0.2, 0.25) is 0 Å². The van der Waals surface area contributed by atoms with Gasteiger partial charge in [0.1, 0.15) is 6.04 Å². The number of aromatic nitrogens is 3. The van der Waals surface area contributed by atoms with Crippen molar-refractivity contribution < 1.29 is 8.78 Å². The molecule has 18 heavy (non-hydrogen) atoms. The monoisotopic (exact) mass is 273 g/mol. The minimum atomic E-state index is -3.55. The Labute approximate surface area is 107 Å². The number of hydrogen-bond donors (Lipinski definition) is 2. The van der Waals surface area contributed by atoms with Crippen LogP contribution in [0.2, 0.25) is 0 Å². The van der Waals surface area contributed by atoms with Crippen molar-refractivity contribution in [3.05, 3.63) is 42.2 Å². The Balaban J connectivity index is 2.45. The zero-order valence-electron chi connectivity index (χ0n) is 9.09. The van der Waals surface area contributed by atoms with Gasteiger partial charge in [0.25, 0.3) is 0 Å². The summed E-state index contributed by atoms with van der Waals surface area (Å²) in [5.41, 5.74) is 2.63. The molecular weight excluding hydrogens is 264 g/mol. The molecule has 0 radical (unpaired) electrons. The van der Waals surface area contributed by atoms with E-state index in [9.17, 15) is 8.78 Å². The lowest BCUT2D eigenvalue weighted by atomic mass is 10.2. The molecule has 1 unspecified atom stereocenters. The molecule has 2 aromatic rings. The molecule has 3 N–H and O–H groups in total. The maximum Gasteiger partial charge on any atom is 0.343 e. The van der Waals surface area contributed by atoms with Crippen LogP contribution < -0.4 is 11.3 Å². The molecule has 0 bridgehead atoms. The Bertz CT molecular complexity index is 510. The van der Waals surface area contributed by atoms with E-state index in [0.717, 1.165) is 0 Å². The largest absolute Gasteiger partial charge is 0.343 e. The third-order valence-electron chi connectivity index (χ3n) is 2.37. The van der Waals surface area contributed by atoms with Gasteiger partial charge in [-0.3, -0.25) is 5.84 Å². The standard InChI is InChI=1S/C10H10ClF2N5/c11-10(12,13)9(16-14)8-6-15-17-18(8)7-4-2-1-3-5-7/h1-6,9,16H,14H2. The zero-order chi connectivity index (χ0) is 13.2. The lowest BCUT2D eigenvalue weighted by Crippen LogP contribution is -2.39. The highest BCUT2D eigenvalue weighted by atomic mass is 35.5. The van der Waals surface area contributed by atoms with Gasteiger partial charge in [0.15, 0.2) is 0 Å². The Morgan fingerprint density at radius 3 is 2.56 bits per heavy atom. The van der Waals surface area contributed by atoms with E-state index in [1.165, 1.54) is 10.9 Å². The number of hydrazine groups is 1. The average molecular weight is 274 g/mol. The molecule has 0 aliphatic heterocycles.